The van der Waals surface area contributed by atoms with Crippen LogP contribution in [0, 0.1) is 17.5 Å². The first-order valence-corrected chi connectivity index (χ1v) is 7.80. The topological polar surface area (TPSA) is 76.7 Å². The van der Waals surface area contributed by atoms with Crippen molar-refractivity contribution in [2.24, 2.45) is 0 Å². The van der Waals surface area contributed by atoms with Crippen LogP contribution in [-0.2, 0) is 0 Å². The van der Waals surface area contributed by atoms with Crippen LogP contribution < -0.4 is 20.1 Å². The first kappa shape index (κ1) is 20.1. The fourth-order valence-electron chi connectivity index (χ4n) is 2.19. The summed E-state index contributed by atoms with van der Waals surface area (Å²) in [5.74, 6) is -5.18. The molecule has 0 aliphatic carbocycles. The Labute approximate surface area is 153 Å². The average molecular weight is 382 g/mol. The van der Waals surface area contributed by atoms with Gasteiger partial charge in [0, 0.05) is 24.7 Å². The largest absolute Gasteiger partial charge is 0.497 e. The van der Waals surface area contributed by atoms with Gasteiger partial charge in [-0.3, -0.25) is 9.59 Å². The predicted octanol–water partition coefficient (Wildman–Crippen LogP) is 2.28. The van der Waals surface area contributed by atoms with Gasteiger partial charge in [0.1, 0.15) is 11.5 Å². The van der Waals surface area contributed by atoms with Crippen LogP contribution in [0.15, 0.2) is 30.3 Å². The zero-order valence-corrected chi connectivity index (χ0v) is 14.6. The predicted molar refractivity (Wildman–Crippen MR) is 90.5 cm³/mol. The minimum atomic E-state index is -1.72. The molecule has 2 N–H and O–H groups in total. The summed E-state index contributed by atoms with van der Waals surface area (Å²) in [4.78, 5) is 24.0. The number of hydrogen-bond donors (Lipinski definition) is 2. The highest BCUT2D eigenvalue weighted by molar-refractivity contribution is 5.95. The summed E-state index contributed by atoms with van der Waals surface area (Å²) < 4.78 is 49.7. The normalized spacial score (nSPS) is 10.3. The Morgan fingerprint density at radius 1 is 0.852 bits per heavy atom. The van der Waals surface area contributed by atoms with Gasteiger partial charge >= 0.3 is 0 Å². The molecule has 0 heterocycles. The van der Waals surface area contributed by atoms with Gasteiger partial charge in [-0.2, -0.15) is 0 Å². The third-order valence-electron chi connectivity index (χ3n) is 3.59. The number of methoxy groups -OCH3 is 2. The molecule has 144 valence electrons. The van der Waals surface area contributed by atoms with Crippen molar-refractivity contribution in [1.82, 2.24) is 10.6 Å². The molecule has 2 amide bonds. The van der Waals surface area contributed by atoms with Gasteiger partial charge in [0.25, 0.3) is 11.8 Å². The van der Waals surface area contributed by atoms with Gasteiger partial charge in [-0.25, -0.2) is 13.2 Å². The lowest BCUT2D eigenvalue weighted by Gasteiger charge is -2.10. The monoisotopic (exact) mass is 382 g/mol. The van der Waals surface area contributed by atoms with E-state index in [0.717, 1.165) is 6.07 Å². The lowest BCUT2D eigenvalue weighted by atomic mass is 10.2. The number of carbonyl (C=O) groups is 2. The molecule has 0 saturated heterocycles. The van der Waals surface area contributed by atoms with Crippen molar-refractivity contribution in [2.45, 2.75) is 0 Å². The van der Waals surface area contributed by atoms with Crippen LogP contribution in [0.4, 0.5) is 13.2 Å². The number of benzene rings is 2. The summed E-state index contributed by atoms with van der Waals surface area (Å²) >= 11 is 0. The Hall–Kier alpha value is -3.23. The maximum atomic E-state index is 13.5. The summed E-state index contributed by atoms with van der Waals surface area (Å²) in [5.41, 5.74) is -0.345. The molecule has 0 fully saturated rings. The van der Waals surface area contributed by atoms with E-state index in [9.17, 15) is 22.8 Å². The molecule has 0 aliphatic rings. The van der Waals surface area contributed by atoms with Crippen LogP contribution in [0.1, 0.15) is 20.7 Å². The van der Waals surface area contributed by atoms with E-state index in [-0.39, 0.29) is 18.7 Å². The Morgan fingerprint density at radius 3 is 1.96 bits per heavy atom. The molecule has 0 aliphatic heterocycles. The van der Waals surface area contributed by atoms with Crippen molar-refractivity contribution in [3.05, 3.63) is 58.9 Å². The quantitative estimate of drug-likeness (QED) is 0.569. The smallest absolute Gasteiger partial charge is 0.254 e. The van der Waals surface area contributed by atoms with E-state index >= 15 is 0 Å². The molecular formula is C18H17F3N2O4. The highest BCUT2D eigenvalue weighted by Gasteiger charge is 2.18. The molecule has 0 radical (unpaired) electrons. The van der Waals surface area contributed by atoms with Crippen LogP contribution >= 0.6 is 0 Å². The molecule has 0 spiro atoms. The summed E-state index contributed by atoms with van der Waals surface area (Å²) in [6, 6.07) is 6.11. The second-order valence-electron chi connectivity index (χ2n) is 5.34. The van der Waals surface area contributed by atoms with Crippen LogP contribution in [0.3, 0.4) is 0 Å². The van der Waals surface area contributed by atoms with E-state index in [0.29, 0.717) is 17.6 Å². The molecule has 0 atom stereocenters. The van der Waals surface area contributed by atoms with E-state index < -0.39 is 34.8 Å². The van der Waals surface area contributed by atoms with E-state index in [1.165, 1.54) is 26.4 Å². The molecule has 6 nitrogen and oxygen atoms in total. The number of amides is 2. The van der Waals surface area contributed by atoms with Crippen molar-refractivity contribution < 1.29 is 32.2 Å². The minimum absolute atomic E-state index is 0.0232. The molecular weight excluding hydrogens is 365 g/mol. The van der Waals surface area contributed by atoms with Crippen molar-refractivity contribution >= 4 is 11.8 Å². The van der Waals surface area contributed by atoms with E-state index in [1.807, 2.05) is 0 Å². The molecule has 0 unspecified atom stereocenters. The second-order valence-corrected chi connectivity index (χ2v) is 5.34. The fraction of sp³-hybridized carbons (Fsp3) is 0.222. The maximum absolute atomic E-state index is 13.5. The van der Waals surface area contributed by atoms with Gasteiger partial charge < -0.3 is 20.1 Å². The third kappa shape index (κ3) is 4.90. The van der Waals surface area contributed by atoms with Gasteiger partial charge in [-0.05, 0) is 24.3 Å². The van der Waals surface area contributed by atoms with Gasteiger partial charge in [0.05, 0.1) is 19.8 Å². The van der Waals surface area contributed by atoms with Crippen molar-refractivity contribution in [1.29, 1.82) is 0 Å². The zero-order valence-electron chi connectivity index (χ0n) is 14.6. The van der Waals surface area contributed by atoms with E-state index in [1.54, 1.807) is 6.07 Å². The Balaban J connectivity index is 1.91. The summed E-state index contributed by atoms with van der Waals surface area (Å²) in [5, 5.41) is 4.86. The molecule has 0 bridgehead atoms. The second kappa shape index (κ2) is 8.93. The Kier molecular flexibility index (Phi) is 6.64. The number of halogens is 3. The van der Waals surface area contributed by atoms with Crippen molar-refractivity contribution in [3.63, 3.8) is 0 Å². The van der Waals surface area contributed by atoms with Crippen molar-refractivity contribution in [2.75, 3.05) is 27.3 Å². The van der Waals surface area contributed by atoms with Gasteiger partial charge in [-0.1, -0.05) is 0 Å². The maximum Gasteiger partial charge on any atom is 0.254 e. The van der Waals surface area contributed by atoms with E-state index in [4.69, 9.17) is 9.47 Å². The Morgan fingerprint density at radius 2 is 1.41 bits per heavy atom. The SMILES string of the molecule is COc1cc(OC)cc(C(=O)NCCNC(=O)c2ccc(F)c(F)c2F)c1. The van der Waals surface area contributed by atoms with Crippen LogP contribution in [0.2, 0.25) is 0 Å². The highest BCUT2D eigenvalue weighted by Crippen LogP contribution is 2.22. The lowest BCUT2D eigenvalue weighted by molar-refractivity contribution is 0.0924. The van der Waals surface area contributed by atoms with Gasteiger partial charge in [0.15, 0.2) is 17.5 Å². The number of ether oxygens (including phenoxy) is 2. The van der Waals surface area contributed by atoms with Crippen LogP contribution in [-0.4, -0.2) is 39.1 Å². The van der Waals surface area contributed by atoms with E-state index in [2.05, 4.69) is 10.6 Å². The van der Waals surface area contributed by atoms with Gasteiger partial charge in [-0.15, -0.1) is 0 Å². The molecule has 0 saturated carbocycles. The number of carbonyl (C=O) groups excluding carboxylic acids is 2. The van der Waals surface area contributed by atoms with Crippen LogP contribution in [0.25, 0.3) is 0 Å². The Bertz CT molecular complexity index is 836. The molecule has 0 aromatic heterocycles. The summed E-state index contributed by atoms with van der Waals surface area (Å²) in [7, 11) is 2.90. The first-order valence-electron chi connectivity index (χ1n) is 7.80. The lowest BCUT2D eigenvalue weighted by Crippen LogP contribution is -2.35. The highest BCUT2D eigenvalue weighted by atomic mass is 19.2. The third-order valence-corrected chi connectivity index (χ3v) is 3.59. The number of hydrogen-bond acceptors (Lipinski definition) is 4. The number of nitrogens with one attached hydrogen (secondary N) is 2. The van der Waals surface area contributed by atoms with Crippen molar-refractivity contribution in [3.8, 4) is 11.5 Å². The zero-order chi connectivity index (χ0) is 20.0. The summed E-state index contributed by atoms with van der Waals surface area (Å²) in [6.07, 6.45) is 0. The molecule has 2 rings (SSSR count). The molecule has 2 aromatic carbocycles. The molecule has 27 heavy (non-hydrogen) atoms. The molecule has 9 heteroatoms. The van der Waals surface area contributed by atoms with Crippen LogP contribution in [0.5, 0.6) is 11.5 Å². The van der Waals surface area contributed by atoms with Gasteiger partial charge in [0.2, 0.25) is 0 Å². The number of rotatable bonds is 7. The first-order chi connectivity index (χ1) is 12.9. The fourth-order valence-corrected chi connectivity index (χ4v) is 2.19. The summed E-state index contributed by atoms with van der Waals surface area (Å²) in [6.45, 7) is -0.0283. The minimum Gasteiger partial charge on any atom is -0.497 e. The average Bonchev–Trinajstić information content (AvgIpc) is 2.68. The molecule has 2 aromatic rings. The standard InChI is InChI=1S/C18H17F3N2O4/c1-26-11-7-10(8-12(9-11)27-2)17(24)22-5-6-23-18(25)13-3-4-14(19)16(21)15(13)20/h3-4,7-9H,5-6H2,1-2H3,(H,22,24)(H,23,25).